The molecule has 2 aromatic heterocycles. The number of carbonyl (C=O) groups excluding carboxylic acids is 1. The molecule has 22 heavy (non-hydrogen) atoms. The Kier molecular flexibility index (Phi) is 4.15. The molecule has 0 radical (unpaired) electrons. The minimum absolute atomic E-state index is 0.328. The summed E-state index contributed by atoms with van der Waals surface area (Å²) in [4.78, 5) is 11.9. The predicted molar refractivity (Wildman–Crippen MR) is 85.5 cm³/mol. The quantitative estimate of drug-likeness (QED) is 0.554. The van der Waals surface area contributed by atoms with E-state index in [2.05, 4.69) is 36.7 Å². The van der Waals surface area contributed by atoms with E-state index in [4.69, 9.17) is 4.42 Å². The summed E-state index contributed by atoms with van der Waals surface area (Å²) in [6, 6.07) is 12.8. The Labute approximate surface area is 134 Å². The van der Waals surface area contributed by atoms with Crippen molar-refractivity contribution in [2.45, 2.75) is 0 Å². The molecule has 0 bridgehead atoms. The van der Waals surface area contributed by atoms with Gasteiger partial charge in [0.25, 0.3) is 5.91 Å². The van der Waals surface area contributed by atoms with E-state index >= 15 is 0 Å². The number of rotatable bonds is 4. The predicted octanol–water partition coefficient (Wildman–Crippen LogP) is 3.20. The molecule has 0 saturated carbocycles. The molecule has 0 atom stereocenters. The summed E-state index contributed by atoms with van der Waals surface area (Å²) in [5.74, 6) is 0.180. The number of furan rings is 1. The third-order valence-corrected chi connectivity index (χ3v) is 3.39. The molecule has 0 saturated heterocycles. The highest BCUT2D eigenvalue weighted by Crippen LogP contribution is 2.20. The molecule has 0 spiro atoms. The van der Waals surface area contributed by atoms with Gasteiger partial charge in [-0.05, 0) is 30.3 Å². The van der Waals surface area contributed by atoms with Crippen molar-refractivity contribution in [2.75, 3.05) is 0 Å². The van der Waals surface area contributed by atoms with E-state index in [0.29, 0.717) is 17.1 Å². The first-order chi connectivity index (χ1) is 10.7. The van der Waals surface area contributed by atoms with Crippen LogP contribution in [-0.4, -0.2) is 22.3 Å². The highest BCUT2D eigenvalue weighted by Gasteiger charge is 2.10. The molecule has 1 aromatic carbocycles. The number of amides is 1. The summed E-state index contributed by atoms with van der Waals surface area (Å²) in [6.45, 7) is 0. The lowest BCUT2D eigenvalue weighted by atomic mass is 10.1. The molecule has 0 fully saturated rings. The molecule has 0 unspecified atom stereocenters. The second kappa shape index (κ2) is 6.40. The van der Waals surface area contributed by atoms with Crippen LogP contribution in [0.4, 0.5) is 0 Å². The smallest absolute Gasteiger partial charge is 0.289 e. The molecule has 0 aliphatic carbocycles. The summed E-state index contributed by atoms with van der Waals surface area (Å²) in [6.07, 6.45) is 2.95. The topological polar surface area (TPSA) is 83.3 Å². The van der Waals surface area contributed by atoms with E-state index in [9.17, 15) is 4.79 Å². The van der Waals surface area contributed by atoms with E-state index in [-0.39, 0.29) is 5.91 Å². The van der Waals surface area contributed by atoms with Crippen LogP contribution < -0.4 is 5.43 Å². The lowest BCUT2D eigenvalue weighted by Crippen LogP contribution is -2.17. The summed E-state index contributed by atoms with van der Waals surface area (Å²) < 4.78 is 6.05. The summed E-state index contributed by atoms with van der Waals surface area (Å²) >= 11 is 3.38. The fourth-order valence-electron chi connectivity index (χ4n) is 1.79. The fourth-order valence-corrected chi connectivity index (χ4v) is 2.05. The van der Waals surface area contributed by atoms with Crippen molar-refractivity contribution < 1.29 is 9.21 Å². The standard InChI is InChI=1S/C15H11BrN4O2/c16-11-5-3-10(4-6-11)13-8-14(19-18-13)15(21)20-17-9-12-2-1-7-22-12/h1-9H,(H,18,19)(H,20,21)/b17-9-. The van der Waals surface area contributed by atoms with Crippen LogP contribution in [0.1, 0.15) is 16.2 Å². The molecule has 3 aromatic rings. The van der Waals surface area contributed by atoms with Gasteiger partial charge in [-0.25, -0.2) is 5.43 Å². The van der Waals surface area contributed by atoms with Crippen LogP contribution in [0.2, 0.25) is 0 Å². The van der Waals surface area contributed by atoms with Gasteiger partial charge in [-0.1, -0.05) is 28.1 Å². The molecule has 0 aliphatic heterocycles. The zero-order chi connectivity index (χ0) is 15.4. The van der Waals surface area contributed by atoms with E-state index < -0.39 is 0 Å². The fraction of sp³-hybridized carbons (Fsp3) is 0. The zero-order valence-electron chi connectivity index (χ0n) is 11.3. The minimum atomic E-state index is -0.376. The average molecular weight is 359 g/mol. The number of nitrogens with one attached hydrogen (secondary N) is 2. The van der Waals surface area contributed by atoms with Gasteiger partial charge in [0.15, 0.2) is 0 Å². The average Bonchev–Trinajstić information content (AvgIpc) is 3.19. The second-order valence-electron chi connectivity index (χ2n) is 4.39. The number of hydrogen-bond acceptors (Lipinski definition) is 4. The van der Waals surface area contributed by atoms with Crippen molar-refractivity contribution in [1.29, 1.82) is 0 Å². The van der Waals surface area contributed by atoms with Crippen molar-refractivity contribution in [3.63, 3.8) is 0 Å². The lowest BCUT2D eigenvalue weighted by Gasteiger charge is -1.95. The largest absolute Gasteiger partial charge is 0.463 e. The van der Waals surface area contributed by atoms with Gasteiger partial charge < -0.3 is 4.42 Å². The maximum absolute atomic E-state index is 11.9. The van der Waals surface area contributed by atoms with E-state index in [1.807, 2.05) is 24.3 Å². The molecule has 2 N–H and O–H groups in total. The van der Waals surface area contributed by atoms with E-state index in [1.54, 1.807) is 18.2 Å². The van der Waals surface area contributed by atoms with Gasteiger partial charge in [-0.3, -0.25) is 9.89 Å². The minimum Gasteiger partial charge on any atom is -0.463 e. The Morgan fingerprint density at radius 3 is 2.86 bits per heavy atom. The SMILES string of the molecule is O=C(N/N=C\c1ccco1)c1cc(-c2ccc(Br)cc2)n[nH]1. The van der Waals surface area contributed by atoms with Crippen molar-refractivity contribution >= 4 is 28.1 Å². The van der Waals surface area contributed by atoms with Crippen LogP contribution in [0.15, 0.2) is 62.7 Å². The lowest BCUT2D eigenvalue weighted by molar-refractivity contribution is 0.0950. The summed E-state index contributed by atoms with van der Waals surface area (Å²) in [7, 11) is 0. The first-order valence-electron chi connectivity index (χ1n) is 6.40. The maximum atomic E-state index is 11.9. The third kappa shape index (κ3) is 3.32. The second-order valence-corrected chi connectivity index (χ2v) is 5.30. The van der Waals surface area contributed by atoms with Gasteiger partial charge in [-0.15, -0.1) is 0 Å². The number of nitrogens with zero attached hydrogens (tertiary/aromatic N) is 2. The molecule has 6 nitrogen and oxygen atoms in total. The normalized spacial score (nSPS) is 11.0. The van der Waals surface area contributed by atoms with Crippen molar-refractivity contribution in [1.82, 2.24) is 15.6 Å². The van der Waals surface area contributed by atoms with Crippen molar-refractivity contribution in [3.8, 4) is 11.3 Å². The van der Waals surface area contributed by atoms with Gasteiger partial charge in [0, 0.05) is 10.0 Å². The number of benzene rings is 1. The monoisotopic (exact) mass is 358 g/mol. The highest BCUT2D eigenvalue weighted by atomic mass is 79.9. The zero-order valence-corrected chi connectivity index (χ0v) is 12.9. The Balaban J connectivity index is 1.68. The number of carbonyl (C=O) groups is 1. The Morgan fingerprint density at radius 2 is 2.14 bits per heavy atom. The molecule has 0 aliphatic rings. The van der Waals surface area contributed by atoms with Crippen LogP contribution in [-0.2, 0) is 0 Å². The Morgan fingerprint density at radius 1 is 1.32 bits per heavy atom. The first kappa shape index (κ1) is 14.3. The molecule has 1 amide bonds. The number of aromatic nitrogens is 2. The summed E-state index contributed by atoms with van der Waals surface area (Å²) in [5.41, 5.74) is 4.33. The molecule has 110 valence electrons. The molecular weight excluding hydrogens is 348 g/mol. The van der Waals surface area contributed by atoms with Crippen molar-refractivity contribution in [3.05, 3.63) is 64.7 Å². The number of hydrazone groups is 1. The van der Waals surface area contributed by atoms with Crippen LogP contribution in [0, 0.1) is 0 Å². The van der Waals surface area contributed by atoms with E-state index in [0.717, 1.165) is 10.0 Å². The van der Waals surface area contributed by atoms with Crippen molar-refractivity contribution in [2.24, 2.45) is 5.10 Å². The number of hydrogen-bond donors (Lipinski definition) is 2. The summed E-state index contributed by atoms with van der Waals surface area (Å²) in [5, 5.41) is 10.6. The number of halogens is 1. The Bertz CT molecular complexity index is 791. The molecule has 2 heterocycles. The molecule has 7 heteroatoms. The highest BCUT2D eigenvalue weighted by molar-refractivity contribution is 9.10. The van der Waals surface area contributed by atoms with Gasteiger partial charge in [0.1, 0.15) is 11.5 Å². The first-order valence-corrected chi connectivity index (χ1v) is 7.20. The third-order valence-electron chi connectivity index (χ3n) is 2.86. The maximum Gasteiger partial charge on any atom is 0.289 e. The van der Waals surface area contributed by atoms with Gasteiger partial charge in [0.05, 0.1) is 18.2 Å². The van der Waals surface area contributed by atoms with Gasteiger partial charge in [0.2, 0.25) is 0 Å². The van der Waals surface area contributed by atoms with Crippen LogP contribution in [0.25, 0.3) is 11.3 Å². The van der Waals surface area contributed by atoms with Crippen LogP contribution >= 0.6 is 15.9 Å². The van der Waals surface area contributed by atoms with Crippen LogP contribution in [0.3, 0.4) is 0 Å². The molecular formula is C15H11BrN4O2. The van der Waals surface area contributed by atoms with Gasteiger partial charge in [-0.2, -0.15) is 10.2 Å². The molecule has 3 rings (SSSR count). The van der Waals surface area contributed by atoms with Gasteiger partial charge >= 0.3 is 0 Å². The number of H-pyrrole nitrogens is 1. The van der Waals surface area contributed by atoms with Crippen LogP contribution in [0.5, 0.6) is 0 Å². The Hall–Kier alpha value is -2.67. The van der Waals surface area contributed by atoms with E-state index in [1.165, 1.54) is 12.5 Å². The number of aromatic amines is 1.